The molecule has 4 nitrogen and oxygen atoms in total. The molecule has 1 atom stereocenters. The van der Waals surface area contributed by atoms with E-state index in [1.54, 1.807) is 30.3 Å². The fourth-order valence-electron chi connectivity index (χ4n) is 3.07. The van der Waals surface area contributed by atoms with Crippen LogP contribution >= 0.6 is 11.6 Å². The van der Waals surface area contributed by atoms with Crippen molar-refractivity contribution in [3.63, 3.8) is 0 Å². The highest BCUT2D eigenvalue weighted by atomic mass is 35.5. The number of carbonyl (C=O) groups is 1. The highest BCUT2D eigenvalue weighted by molar-refractivity contribution is 6.30. The zero-order valence-electron chi connectivity index (χ0n) is 14.9. The molecule has 1 N–H and O–H groups in total. The Labute approximate surface area is 163 Å². The Hall–Kier alpha value is -2.21. The van der Waals surface area contributed by atoms with E-state index in [0.29, 0.717) is 24.8 Å². The fourth-order valence-corrected chi connectivity index (χ4v) is 3.27. The molecule has 27 heavy (non-hydrogen) atoms. The largest absolute Gasteiger partial charge is 0.379 e. The minimum Gasteiger partial charge on any atom is -0.379 e. The molecule has 2 aromatic rings. The molecule has 1 unspecified atom stereocenters. The number of hydrogen-bond donors (Lipinski definition) is 1. The number of morpholine rings is 1. The number of nitrogens with zero attached hydrogens (tertiary/aromatic N) is 1. The lowest BCUT2D eigenvalue weighted by Gasteiger charge is -2.34. The molecular weight excluding hydrogens is 367 g/mol. The number of halogens is 2. The molecule has 0 saturated carbocycles. The highest BCUT2D eigenvalue weighted by Crippen LogP contribution is 2.21. The van der Waals surface area contributed by atoms with E-state index in [9.17, 15) is 9.18 Å². The van der Waals surface area contributed by atoms with Crippen LogP contribution in [-0.4, -0.2) is 43.7 Å². The van der Waals surface area contributed by atoms with Crippen molar-refractivity contribution in [1.29, 1.82) is 0 Å². The number of nitrogens with one attached hydrogen (secondary N) is 1. The number of hydrogen-bond acceptors (Lipinski definition) is 3. The molecule has 1 aliphatic heterocycles. The summed E-state index contributed by atoms with van der Waals surface area (Å²) in [7, 11) is 0. The lowest BCUT2D eigenvalue weighted by molar-refractivity contribution is -0.116. The van der Waals surface area contributed by atoms with Gasteiger partial charge in [-0.05, 0) is 41.5 Å². The molecule has 142 valence electrons. The van der Waals surface area contributed by atoms with Crippen molar-refractivity contribution in [3.05, 3.63) is 76.6 Å². The van der Waals surface area contributed by atoms with Crippen LogP contribution in [0, 0.1) is 5.82 Å². The second kappa shape index (κ2) is 9.65. The predicted octanol–water partition coefficient (Wildman–Crippen LogP) is 3.68. The molecule has 6 heteroatoms. The SMILES string of the molecule is O=C(/C=C/c1cccc(Cl)c1)NCC(c1ccc(F)cc1)N1CCOCC1. The van der Waals surface area contributed by atoms with Gasteiger partial charge in [0.1, 0.15) is 5.82 Å². The molecule has 0 radical (unpaired) electrons. The monoisotopic (exact) mass is 388 g/mol. The van der Waals surface area contributed by atoms with Gasteiger partial charge in [-0.1, -0.05) is 35.9 Å². The van der Waals surface area contributed by atoms with Crippen LogP contribution in [0.3, 0.4) is 0 Å². The molecule has 3 rings (SSSR count). The van der Waals surface area contributed by atoms with Crippen LogP contribution in [-0.2, 0) is 9.53 Å². The first kappa shape index (κ1) is 19.5. The van der Waals surface area contributed by atoms with Gasteiger partial charge in [-0.3, -0.25) is 9.69 Å². The van der Waals surface area contributed by atoms with Gasteiger partial charge < -0.3 is 10.1 Å². The first-order valence-electron chi connectivity index (χ1n) is 8.90. The second-order valence-corrected chi connectivity index (χ2v) is 6.79. The molecule has 1 saturated heterocycles. The number of rotatable bonds is 6. The Bertz CT molecular complexity index is 789. The Morgan fingerprint density at radius 2 is 1.96 bits per heavy atom. The molecule has 2 aromatic carbocycles. The highest BCUT2D eigenvalue weighted by Gasteiger charge is 2.23. The normalized spacial score (nSPS) is 16.4. The molecule has 0 bridgehead atoms. The van der Waals surface area contributed by atoms with Gasteiger partial charge in [-0.2, -0.15) is 0 Å². The fraction of sp³-hybridized carbons (Fsp3) is 0.286. The molecule has 1 heterocycles. The van der Waals surface area contributed by atoms with Crippen molar-refractivity contribution in [2.24, 2.45) is 0 Å². The number of benzene rings is 2. The maximum Gasteiger partial charge on any atom is 0.244 e. The minimum atomic E-state index is -0.270. The van der Waals surface area contributed by atoms with Crippen LogP contribution in [0.5, 0.6) is 0 Å². The average molecular weight is 389 g/mol. The first-order valence-corrected chi connectivity index (χ1v) is 9.28. The minimum absolute atomic E-state index is 0.0296. The molecule has 1 amide bonds. The van der Waals surface area contributed by atoms with Gasteiger partial charge >= 0.3 is 0 Å². The molecule has 0 spiro atoms. The van der Waals surface area contributed by atoms with Crippen LogP contribution in [0.2, 0.25) is 5.02 Å². The van der Waals surface area contributed by atoms with Crippen molar-refractivity contribution in [2.45, 2.75) is 6.04 Å². The van der Waals surface area contributed by atoms with Crippen molar-refractivity contribution < 1.29 is 13.9 Å². The lowest BCUT2D eigenvalue weighted by atomic mass is 10.0. The molecule has 0 aromatic heterocycles. The maximum absolute atomic E-state index is 13.3. The maximum atomic E-state index is 13.3. The van der Waals surface area contributed by atoms with Crippen LogP contribution < -0.4 is 5.32 Å². The van der Waals surface area contributed by atoms with Gasteiger partial charge in [0, 0.05) is 30.7 Å². The third-order valence-electron chi connectivity index (χ3n) is 4.49. The number of carbonyl (C=O) groups excluding carboxylic acids is 1. The second-order valence-electron chi connectivity index (χ2n) is 6.35. The summed E-state index contributed by atoms with van der Waals surface area (Å²) in [5, 5.41) is 3.57. The first-order chi connectivity index (χ1) is 13.1. The summed E-state index contributed by atoms with van der Waals surface area (Å²) in [6.07, 6.45) is 3.22. The molecular formula is C21H22ClFN2O2. The van der Waals surface area contributed by atoms with Crippen molar-refractivity contribution in [2.75, 3.05) is 32.8 Å². The van der Waals surface area contributed by atoms with Crippen molar-refractivity contribution >= 4 is 23.6 Å². The van der Waals surface area contributed by atoms with E-state index in [4.69, 9.17) is 16.3 Å². The summed E-state index contributed by atoms with van der Waals surface area (Å²) in [6.45, 7) is 3.29. The Balaban J connectivity index is 1.64. The van der Waals surface area contributed by atoms with Crippen LogP contribution in [0.15, 0.2) is 54.6 Å². The summed E-state index contributed by atoms with van der Waals surface area (Å²) >= 11 is 5.95. The van der Waals surface area contributed by atoms with Gasteiger partial charge in [0.15, 0.2) is 0 Å². The Morgan fingerprint density at radius 1 is 1.22 bits per heavy atom. The smallest absolute Gasteiger partial charge is 0.244 e. The van der Waals surface area contributed by atoms with E-state index < -0.39 is 0 Å². The third-order valence-corrected chi connectivity index (χ3v) is 4.72. The topological polar surface area (TPSA) is 41.6 Å². The van der Waals surface area contributed by atoms with E-state index >= 15 is 0 Å². The van der Waals surface area contributed by atoms with E-state index in [-0.39, 0.29) is 17.8 Å². The van der Waals surface area contributed by atoms with Gasteiger partial charge in [-0.25, -0.2) is 4.39 Å². The van der Waals surface area contributed by atoms with Crippen molar-refractivity contribution in [1.82, 2.24) is 10.2 Å². The molecule has 1 aliphatic rings. The Morgan fingerprint density at radius 3 is 2.67 bits per heavy atom. The Kier molecular flexibility index (Phi) is 6.98. The quantitative estimate of drug-likeness (QED) is 0.767. The van der Waals surface area contributed by atoms with Gasteiger partial charge in [-0.15, -0.1) is 0 Å². The summed E-state index contributed by atoms with van der Waals surface area (Å²) in [4.78, 5) is 14.5. The van der Waals surface area contributed by atoms with E-state index in [1.165, 1.54) is 18.2 Å². The van der Waals surface area contributed by atoms with Crippen molar-refractivity contribution in [3.8, 4) is 0 Å². The van der Waals surface area contributed by atoms with Crippen LogP contribution in [0.4, 0.5) is 4.39 Å². The zero-order chi connectivity index (χ0) is 19.1. The number of ether oxygens (including phenoxy) is 1. The molecule has 0 aliphatic carbocycles. The van der Waals surface area contributed by atoms with Gasteiger partial charge in [0.05, 0.1) is 19.3 Å². The summed E-state index contributed by atoms with van der Waals surface area (Å²) in [6, 6.07) is 13.7. The third kappa shape index (κ3) is 5.89. The lowest BCUT2D eigenvalue weighted by Crippen LogP contribution is -2.43. The van der Waals surface area contributed by atoms with E-state index in [1.807, 2.05) is 12.1 Å². The van der Waals surface area contributed by atoms with Crippen LogP contribution in [0.25, 0.3) is 6.08 Å². The van der Waals surface area contributed by atoms with Crippen LogP contribution in [0.1, 0.15) is 17.2 Å². The van der Waals surface area contributed by atoms with E-state index in [0.717, 1.165) is 24.2 Å². The standard InChI is InChI=1S/C21H22ClFN2O2/c22-18-3-1-2-16(14-18)4-9-21(26)24-15-20(25-10-12-27-13-11-25)17-5-7-19(23)8-6-17/h1-9,14,20H,10-13,15H2,(H,24,26)/b9-4+. The number of amides is 1. The average Bonchev–Trinajstić information content (AvgIpc) is 2.69. The predicted molar refractivity (Wildman–Crippen MR) is 105 cm³/mol. The van der Waals surface area contributed by atoms with E-state index in [2.05, 4.69) is 10.2 Å². The molecule has 1 fully saturated rings. The van der Waals surface area contributed by atoms with Gasteiger partial charge in [0.25, 0.3) is 0 Å². The van der Waals surface area contributed by atoms with Gasteiger partial charge in [0.2, 0.25) is 5.91 Å². The summed E-state index contributed by atoms with van der Waals surface area (Å²) in [5.74, 6) is -0.455. The summed E-state index contributed by atoms with van der Waals surface area (Å²) < 4.78 is 18.7. The summed E-state index contributed by atoms with van der Waals surface area (Å²) in [5.41, 5.74) is 1.83. The zero-order valence-corrected chi connectivity index (χ0v) is 15.7.